The molecule has 1 unspecified atom stereocenters. The Hall–Kier alpha value is -2.08. The third-order valence-electron chi connectivity index (χ3n) is 4.64. The molecule has 2 rings (SSSR count). The van der Waals surface area contributed by atoms with E-state index in [0.717, 1.165) is 16.8 Å². The third kappa shape index (κ3) is 5.47. The summed E-state index contributed by atoms with van der Waals surface area (Å²) in [5, 5.41) is 6.44. The summed E-state index contributed by atoms with van der Waals surface area (Å²) in [5.41, 5.74) is 3.17. The maximum atomic E-state index is 12.7. The highest BCUT2D eigenvalue weighted by Crippen LogP contribution is 2.29. The number of para-hydroxylation sites is 2. The molecule has 0 saturated carbocycles. The predicted octanol–water partition coefficient (Wildman–Crippen LogP) is 4.90. The highest BCUT2D eigenvalue weighted by atomic mass is 35.5. The fraction of sp³-hybridized carbons (Fsp3) is 0.333. The molecule has 0 aliphatic heterocycles. The highest BCUT2D eigenvalue weighted by molar-refractivity contribution is 6.39. The Morgan fingerprint density at radius 2 is 1.50 bits per heavy atom. The molecule has 1 atom stereocenters. The molecule has 2 aromatic carbocycles. The molecular weight excluding hydrogens is 397 g/mol. The second kappa shape index (κ2) is 9.92. The van der Waals surface area contributed by atoms with Gasteiger partial charge in [0.2, 0.25) is 11.8 Å². The maximum Gasteiger partial charge on any atom is 0.241 e. The minimum atomic E-state index is -0.489. The maximum absolute atomic E-state index is 12.7. The summed E-state index contributed by atoms with van der Waals surface area (Å²) in [6, 6.07) is 10.4. The van der Waals surface area contributed by atoms with E-state index in [4.69, 9.17) is 23.2 Å². The minimum Gasteiger partial charge on any atom is -0.324 e. The van der Waals surface area contributed by atoms with E-state index in [1.807, 2.05) is 39.0 Å². The SMILES string of the molecule is CCN(CC(=O)Nc1c(Cl)cccc1Cl)C(C)C(=O)Nc1c(C)cccc1C. The van der Waals surface area contributed by atoms with Crippen molar-refractivity contribution in [2.45, 2.75) is 33.7 Å². The molecule has 0 radical (unpaired) electrons. The van der Waals surface area contributed by atoms with Gasteiger partial charge in [0.1, 0.15) is 0 Å². The Bertz CT molecular complexity index is 830. The number of likely N-dealkylation sites (N-methyl/N-ethyl adjacent to an activating group) is 1. The Morgan fingerprint density at radius 3 is 2.04 bits per heavy atom. The first kappa shape index (κ1) is 22.2. The Balaban J connectivity index is 2.05. The average molecular weight is 422 g/mol. The number of hydrogen-bond acceptors (Lipinski definition) is 3. The molecule has 0 bridgehead atoms. The lowest BCUT2D eigenvalue weighted by molar-refractivity contribution is -0.123. The van der Waals surface area contributed by atoms with Crippen molar-refractivity contribution >= 4 is 46.4 Å². The third-order valence-corrected chi connectivity index (χ3v) is 5.27. The van der Waals surface area contributed by atoms with E-state index in [2.05, 4.69) is 10.6 Å². The van der Waals surface area contributed by atoms with Crippen molar-refractivity contribution in [2.75, 3.05) is 23.7 Å². The minimum absolute atomic E-state index is 0.0411. The van der Waals surface area contributed by atoms with Crippen LogP contribution in [0.5, 0.6) is 0 Å². The van der Waals surface area contributed by atoms with Crippen molar-refractivity contribution in [3.8, 4) is 0 Å². The van der Waals surface area contributed by atoms with Crippen LogP contribution >= 0.6 is 23.2 Å². The zero-order chi connectivity index (χ0) is 20.8. The van der Waals surface area contributed by atoms with Crippen LogP contribution in [0.25, 0.3) is 0 Å². The molecule has 7 heteroatoms. The lowest BCUT2D eigenvalue weighted by atomic mass is 10.1. The zero-order valence-corrected chi connectivity index (χ0v) is 18.0. The van der Waals surface area contributed by atoms with Crippen molar-refractivity contribution in [1.82, 2.24) is 4.90 Å². The van der Waals surface area contributed by atoms with Gasteiger partial charge in [-0.1, -0.05) is 54.4 Å². The molecule has 0 aliphatic carbocycles. The summed E-state index contributed by atoms with van der Waals surface area (Å²) in [6.07, 6.45) is 0. The number of halogens is 2. The van der Waals surface area contributed by atoms with E-state index in [-0.39, 0.29) is 18.4 Å². The normalized spacial score (nSPS) is 12.0. The van der Waals surface area contributed by atoms with Gasteiger partial charge in [-0.2, -0.15) is 0 Å². The van der Waals surface area contributed by atoms with Crippen molar-refractivity contribution < 1.29 is 9.59 Å². The summed E-state index contributed by atoms with van der Waals surface area (Å²) in [5.74, 6) is -0.452. The number of amides is 2. The quantitative estimate of drug-likeness (QED) is 0.668. The van der Waals surface area contributed by atoms with Crippen LogP contribution in [-0.4, -0.2) is 35.8 Å². The second-order valence-electron chi connectivity index (χ2n) is 6.64. The molecule has 0 aromatic heterocycles. The fourth-order valence-electron chi connectivity index (χ4n) is 2.91. The predicted molar refractivity (Wildman–Crippen MR) is 116 cm³/mol. The Labute approximate surface area is 176 Å². The highest BCUT2D eigenvalue weighted by Gasteiger charge is 2.23. The smallest absolute Gasteiger partial charge is 0.241 e. The van der Waals surface area contributed by atoms with E-state index in [0.29, 0.717) is 22.3 Å². The van der Waals surface area contributed by atoms with Gasteiger partial charge < -0.3 is 10.6 Å². The molecule has 2 N–H and O–H groups in total. The van der Waals surface area contributed by atoms with E-state index in [1.54, 1.807) is 30.0 Å². The monoisotopic (exact) mass is 421 g/mol. The molecule has 5 nitrogen and oxygen atoms in total. The number of benzene rings is 2. The first-order valence-electron chi connectivity index (χ1n) is 9.09. The van der Waals surface area contributed by atoms with E-state index in [1.165, 1.54) is 0 Å². The first-order valence-corrected chi connectivity index (χ1v) is 9.85. The molecule has 28 heavy (non-hydrogen) atoms. The number of rotatable bonds is 7. The Kier molecular flexibility index (Phi) is 7.87. The number of carbonyl (C=O) groups excluding carboxylic acids is 2. The van der Waals surface area contributed by atoms with Gasteiger partial charge in [-0.15, -0.1) is 0 Å². The van der Waals surface area contributed by atoms with Gasteiger partial charge in [0, 0.05) is 5.69 Å². The molecule has 2 aromatic rings. The molecule has 2 amide bonds. The average Bonchev–Trinajstić information content (AvgIpc) is 2.65. The van der Waals surface area contributed by atoms with Crippen molar-refractivity contribution in [1.29, 1.82) is 0 Å². The van der Waals surface area contributed by atoms with Crippen LogP contribution in [0.1, 0.15) is 25.0 Å². The first-order chi connectivity index (χ1) is 13.2. The molecule has 0 aliphatic rings. The molecule has 150 valence electrons. The topological polar surface area (TPSA) is 61.4 Å². The molecule has 0 heterocycles. The van der Waals surface area contributed by atoms with Crippen molar-refractivity contribution in [2.24, 2.45) is 0 Å². The van der Waals surface area contributed by atoms with Gasteiger partial charge in [0.05, 0.1) is 28.3 Å². The summed E-state index contributed by atoms with van der Waals surface area (Å²) in [4.78, 5) is 27.0. The largest absolute Gasteiger partial charge is 0.324 e. The number of nitrogens with one attached hydrogen (secondary N) is 2. The standard InChI is InChI=1S/C21H25Cl2N3O2/c1-5-26(12-18(27)24-20-16(22)10-7-11-17(20)23)15(4)21(28)25-19-13(2)8-6-9-14(19)3/h6-11,15H,5,12H2,1-4H3,(H,24,27)(H,25,28). The van der Waals surface area contributed by atoms with Gasteiger partial charge in [0.25, 0.3) is 0 Å². The van der Waals surface area contributed by atoms with Gasteiger partial charge in [0.15, 0.2) is 0 Å². The lowest BCUT2D eigenvalue weighted by Gasteiger charge is -2.27. The van der Waals surface area contributed by atoms with Crippen LogP contribution in [0.3, 0.4) is 0 Å². The lowest BCUT2D eigenvalue weighted by Crippen LogP contribution is -2.45. The van der Waals surface area contributed by atoms with Crippen molar-refractivity contribution in [3.63, 3.8) is 0 Å². The van der Waals surface area contributed by atoms with Crippen LogP contribution in [0.4, 0.5) is 11.4 Å². The van der Waals surface area contributed by atoms with Crippen LogP contribution in [0.15, 0.2) is 36.4 Å². The van der Waals surface area contributed by atoms with Crippen LogP contribution in [0.2, 0.25) is 10.0 Å². The van der Waals surface area contributed by atoms with E-state index >= 15 is 0 Å². The van der Waals surface area contributed by atoms with Gasteiger partial charge in [-0.25, -0.2) is 0 Å². The van der Waals surface area contributed by atoms with Crippen LogP contribution < -0.4 is 10.6 Å². The van der Waals surface area contributed by atoms with Crippen LogP contribution in [-0.2, 0) is 9.59 Å². The number of carbonyl (C=O) groups is 2. The fourth-order valence-corrected chi connectivity index (χ4v) is 3.40. The number of aryl methyl sites for hydroxylation is 2. The summed E-state index contributed by atoms with van der Waals surface area (Å²) < 4.78 is 0. The Morgan fingerprint density at radius 1 is 0.964 bits per heavy atom. The number of nitrogens with zero attached hydrogens (tertiary/aromatic N) is 1. The van der Waals surface area contributed by atoms with E-state index in [9.17, 15) is 9.59 Å². The number of anilines is 2. The summed E-state index contributed by atoms with van der Waals surface area (Å²) in [6.45, 7) is 8.16. The number of hydrogen-bond donors (Lipinski definition) is 2. The van der Waals surface area contributed by atoms with Crippen LogP contribution in [0, 0.1) is 13.8 Å². The van der Waals surface area contributed by atoms with Crippen molar-refractivity contribution in [3.05, 3.63) is 57.6 Å². The second-order valence-corrected chi connectivity index (χ2v) is 7.45. The van der Waals surface area contributed by atoms with E-state index < -0.39 is 6.04 Å². The summed E-state index contributed by atoms with van der Waals surface area (Å²) in [7, 11) is 0. The summed E-state index contributed by atoms with van der Waals surface area (Å²) >= 11 is 12.2. The molecular formula is C21H25Cl2N3O2. The molecule has 0 spiro atoms. The van der Waals surface area contributed by atoms with Gasteiger partial charge >= 0.3 is 0 Å². The molecule has 0 fully saturated rings. The molecule has 0 saturated heterocycles. The van der Waals surface area contributed by atoms with Gasteiger partial charge in [-0.3, -0.25) is 14.5 Å². The van der Waals surface area contributed by atoms with Gasteiger partial charge in [-0.05, 0) is 50.6 Å². The zero-order valence-electron chi connectivity index (χ0n) is 16.5.